The lowest BCUT2D eigenvalue weighted by Gasteiger charge is -2.20. The smallest absolute Gasteiger partial charge is 0.267 e. The van der Waals surface area contributed by atoms with Crippen molar-refractivity contribution < 1.29 is 14.7 Å². The number of aliphatic hydroxyl groups is 1. The van der Waals surface area contributed by atoms with E-state index in [4.69, 9.17) is 5.73 Å². The van der Waals surface area contributed by atoms with Gasteiger partial charge in [-0.15, -0.1) is 0 Å². The highest BCUT2D eigenvalue weighted by Gasteiger charge is 2.30. The highest BCUT2D eigenvalue weighted by molar-refractivity contribution is 5.94. The van der Waals surface area contributed by atoms with Gasteiger partial charge in [0, 0.05) is 55.4 Å². The lowest BCUT2D eigenvalue weighted by atomic mass is 10.0. The minimum atomic E-state index is -0.713. The number of hydrogen-bond donors (Lipinski definition) is 3. The summed E-state index contributed by atoms with van der Waals surface area (Å²) in [6, 6.07) is 14.9. The fraction of sp³-hybridized carbons (Fsp3) is 0.308. The van der Waals surface area contributed by atoms with Crippen LogP contribution in [0.5, 0.6) is 0 Å². The van der Waals surface area contributed by atoms with E-state index in [0.717, 1.165) is 30.4 Å². The third-order valence-electron chi connectivity index (χ3n) is 6.21. The van der Waals surface area contributed by atoms with Crippen LogP contribution in [0.1, 0.15) is 56.5 Å². The number of benzene rings is 1. The molecule has 4 N–H and O–H groups in total. The van der Waals surface area contributed by atoms with Crippen molar-refractivity contribution in [3.8, 4) is 0 Å². The highest BCUT2D eigenvalue weighted by atomic mass is 16.3. The zero-order chi connectivity index (χ0) is 24.1. The van der Waals surface area contributed by atoms with Gasteiger partial charge in [-0.05, 0) is 54.7 Å². The van der Waals surface area contributed by atoms with E-state index in [0.29, 0.717) is 17.7 Å². The molecule has 8 nitrogen and oxygen atoms in total. The molecule has 34 heavy (non-hydrogen) atoms. The zero-order valence-corrected chi connectivity index (χ0v) is 19.1. The number of aliphatic hydroxyl groups excluding tert-OH is 1. The lowest BCUT2D eigenvalue weighted by Crippen LogP contribution is -2.35. The van der Waals surface area contributed by atoms with Gasteiger partial charge in [-0.1, -0.05) is 24.3 Å². The van der Waals surface area contributed by atoms with Crippen molar-refractivity contribution in [3.63, 3.8) is 0 Å². The van der Waals surface area contributed by atoms with Crippen molar-refractivity contribution >= 4 is 11.8 Å². The number of aromatic nitrogens is 2. The Morgan fingerprint density at radius 3 is 2.56 bits per heavy atom. The summed E-state index contributed by atoms with van der Waals surface area (Å²) in [4.78, 5) is 33.7. The van der Waals surface area contributed by atoms with Gasteiger partial charge in [0.2, 0.25) is 0 Å². The molecule has 0 radical (unpaired) electrons. The van der Waals surface area contributed by atoms with Gasteiger partial charge in [0.1, 0.15) is 5.69 Å². The molecular weight excluding hydrogens is 430 g/mol. The van der Waals surface area contributed by atoms with E-state index < -0.39 is 12.0 Å². The number of hydrogen-bond acceptors (Lipinski definition) is 6. The van der Waals surface area contributed by atoms with Gasteiger partial charge in [0.05, 0.1) is 6.10 Å². The van der Waals surface area contributed by atoms with Crippen molar-refractivity contribution in [2.75, 3.05) is 7.05 Å². The lowest BCUT2D eigenvalue weighted by molar-refractivity contribution is 0.0784. The maximum absolute atomic E-state index is 12.8. The molecule has 176 valence electrons. The van der Waals surface area contributed by atoms with Gasteiger partial charge in [-0.2, -0.15) is 0 Å². The molecule has 2 amide bonds. The SMILES string of the molecule is CN(Cc1cccnc1)C(=O)c1ccc(C[C@@H]2CC[C@H](C(O)c3ccc(C(N)=O)nc3)N2)cc1. The van der Waals surface area contributed by atoms with Crippen molar-refractivity contribution in [1.29, 1.82) is 0 Å². The number of nitrogens with zero attached hydrogens (tertiary/aromatic N) is 3. The van der Waals surface area contributed by atoms with E-state index >= 15 is 0 Å². The molecule has 3 aromatic rings. The molecule has 0 saturated carbocycles. The molecule has 0 bridgehead atoms. The third kappa shape index (κ3) is 5.65. The second-order valence-corrected chi connectivity index (χ2v) is 8.76. The quantitative estimate of drug-likeness (QED) is 0.475. The molecule has 1 fully saturated rings. The molecule has 2 aromatic heterocycles. The summed E-state index contributed by atoms with van der Waals surface area (Å²) in [6.07, 6.45) is 6.84. The van der Waals surface area contributed by atoms with E-state index in [9.17, 15) is 14.7 Å². The van der Waals surface area contributed by atoms with Crippen LogP contribution in [-0.4, -0.2) is 50.9 Å². The Balaban J connectivity index is 1.30. The largest absolute Gasteiger partial charge is 0.387 e. The second kappa shape index (κ2) is 10.5. The third-order valence-corrected chi connectivity index (χ3v) is 6.21. The van der Waals surface area contributed by atoms with Crippen LogP contribution in [-0.2, 0) is 13.0 Å². The first-order chi connectivity index (χ1) is 16.4. The summed E-state index contributed by atoms with van der Waals surface area (Å²) in [7, 11) is 1.79. The highest BCUT2D eigenvalue weighted by Crippen LogP contribution is 2.26. The van der Waals surface area contributed by atoms with Crippen molar-refractivity contribution in [2.45, 2.75) is 44.0 Å². The Bertz CT molecular complexity index is 1120. The molecule has 3 atom stereocenters. The van der Waals surface area contributed by atoms with Crippen LogP contribution in [0.4, 0.5) is 0 Å². The number of amides is 2. The standard InChI is InChI=1S/C26H29N5O3/c1-31(16-18-3-2-12-28-14-18)26(34)19-6-4-17(5-7-19)13-21-9-11-22(30-21)24(32)20-8-10-23(25(27)33)29-15-20/h2-8,10,12,14-15,21-22,24,30,32H,9,11,13,16H2,1H3,(H2,27,33)/t21-,22+,24?/m0/s1. The molecule has 0 aliphatic carbocycles. The Morgan fingerprint density at radius 2 is 1.91 bits per heavy atom. The topological polar surface area (TPSA) is 121 Å². The summed E-state index contributed by atoms with van der Waals surface area (Å²) in [5, 5.41) is 14.2. The van der Waals surface area contributed by atoms with Crippen molar-refractivity contribution in [2.24, 2.45) is 5.73 Å². The number of carbonyl (C=O) groups excluding carboxylic acids is 2. The Kier molecular flexibility index (Phi) is 7.30. The number of nitrogens with two attached hydrogens (primary N) is 1. The van der Waals surface area contributed by atoms with Crippen LogP contribution in [0, 0.1) is 0 Å². The maximum Gasteiger partial charge on any atom is 0.267 e. The number of nitrogens with one attached hydrogen (secondary N) is 1. The zero-order valence-electron chi connectivity index (χ0n) is 19.1. The monoisotopic (exact) mass is 459 g/mol. The molecule has 1 unspecified atom stereocenters. The summed E-state index contributed by atoms with van der Waals surface area (Å²) in [6.45, 7) is 0.505. The Labute approximate surface area is 198 Å². The molecule has 8 heteroatoms. The van der Waals surface area contributed by atoms with Gasteiger partial charge in [0.25, 0.3) is 11.8 Å². The summed E-state index contributed by atoms with van der Waals surface area (Å²) in [5.74, 6) is -0.624. The Hall–Kier alpha value is -3.62. The second-order valence-electron chi connectivity index (χ2n) is 8.76. The van der Waals surface area contributed by atoms with E-state index in [1.165, 1.54) is 12.3 Å². The predicted molar refractivity (Wildman–Crippen MR) is 128 cm³/mol. The number of rotatable bonds is 8. The van der Waals surface area contributed by atoms with Gasteiger partial charge in [-0.25, -0.2) is 0 Å². The van der Waals surface area contributed by atoms with Crippen LogP contribution >= 0.6 is 0 Å². The van der Waals surface area contributed by atoms with Gasteiger partial charge in [-0.3, -0.25) is 19.6 Å². The van der Waals surface area contributed by atoms with Gasteiger partial charge < -0.3 is 21.1 Å². The van der Waals surface area contributed by atoms with E-state index in [1.807, 2.05) is 36.4 Å². The normalized spacial score (nSPS) is 18.4. The van der Waals surface area contributed by atoms with Crippen LogP contribution in [0.15, 0.2) is 67.1 Å². The molecule has 1 aromatic carbocycles. The van der Waals surface area contributed by atoms with Gasteiger partial charge in [0.15, 0.2) is 0 Å². The molecule has 0 spiro atoms. The number of carbonyl (C=O) groups is 2. The molecular formula is C26H29N5O3. The van der Waals surface area contributed by atoms with E-state index in [-0.39, 0.29) is 23.7 Å². The summed E-state index contributed by atoms with van der Waals surface area (Å²) < 4.78 is 0. The molecule has 1 aliphatic heterocycles. The summed E-state index contributed by atoms with van der Waals surface area (Å²) >= 11 is 0. The van der Waals surface area contributed by atoms with Crippen molar-refractivity contribution in [3.05, 3.63) is 95.1 Å². The molecule has 4 rings (SSSR count). The van der Waals surface area contributed by atoms with Crippen LogP contribution in [0.3, 0.4) is 0 Å². The van der Waals surface area contributed by atoms with Crippen LogP contribution < -0.4 is 11.1 Å². The average Bonchev–Trinajstić information content (AvgIpc) is 3.32. The minimum Gasteiger partial charge on any atom is -0.387 e. The number of pyridine rings is 2. The predicted octanol–water partition coefficient (Wildman–Crippen LogP) is 2.24. The number of primary amides is 1. The van der Waals surface area contributed by atoms with Crippen LogP contribution in [0.25, 0.3) is 0 Å². The minimum absolute atomic E-state index is 0.0338. The van der Waals surface area contributed by atoms with Gasteiger partial charge >= 0.3 is 0 Å². The molecule has 3 heterocycles. The first kappa shape index (κ1) is 23.5. The van der Waals surface area contributed by atoms with Crippen LogP contribution in [0.2, 0.25) is 0 Å². The fourth-order valence-electron chi connectivity index (χ4n) is 4.34. The molecule has 1 saturated heterocycles. The first-order valence-corrected chi connectivity index (χ1v) is 11.3. The van der Waals surface area contributed by atoms with E-state index in [2.05, 4.69) is 15.3 Å². The van der Waals surface area contributed by atoms with Crippen molar-refractivity contribution in [1.82, 2.24) is 20.2 Å². The Morgan fingerprint density at radius 1 is 1.12 bits per heavy atom. The average molecular weight is 460 g/mol. The fourth-order valence-corrected chi connectivity index (χ4v) is 4.34. The van der Waals surface area contributed by atoms with E-state index in [1.54, 1.807) is 30.4 Å². The maximum atomic E-state index is 12.8. The summed E-state index contributed by atoms with van der Waals surface area (Å²) in [5.41, 5.74) is 8.82. The molecule has 1 aliphatic rings. The first-order valence-electron chi connectivity index (χ1n) is 11.3.